The van der Waals surface area contributed by atoms with Gasteiger partial charge < -0.3 is 10.1 Å². The topological polar surface area (TPSA) is 113 Å². The second-order valence-electron chi connectivity index (χ2n) is 4.40. The van der Waals surface area contributed by atoms with E-state index in [1.54, 1.807) is 0 Å². The Morgan fingerprint density at radius 1 is 1.23 bits per heavy atom. The number of carbonyl (C=O) groups excluding carboxylic acids is 1. The van der Waals surface area contributed by atoms with Crippen molar-refractivity contribution in [2.75, 3.05) is 13.2 Å². The minimum Gasteiger partial charge on any atom is -0.465 e. The molecule has 126 valence electrons. The predicted molar refractivity (Wildman–Crippen MR) is 83.0 cm³/mol. The van der Waals surface area contributed by atoms with Gasteiger partial charge >= 0.3 is 16.4 Å². The molecule has 3 N–H and O–H groups in total. The van der Waals surface area contributed by atoms with Crippen LogP contribution in [0.2, 0.25) is 0 Å². The first-order chi connectivity index (χ1) is 10.3. The van der Waals surface area contributed by atoms with Crippen molar-refractivity contribution in [1.29, 1.82) is 0 Å². The van der Waals surface area contributed by atoms with E-state index in [0.29, 0.717) is 13.0 Å². The molecule has 1 atom stereocenters. The van der Waals surface area contributed by atoms with Gasteiger partial charge in [-0.05, 0) is 31.9 Å². The molecular weight excluding hydrogens is 310 g/mol. The van der Waals surface area contributed by atoms with Crippen LogP contribution in [-0.2, 0) is 26.4 Å². The Kier molecular flexibility index (Phi) is 10.4. The summed E-state index contributed by atoms with van der Waals surface area (Å²) in [5.74, 6) is -0.162. The Balaban J connectivity index is 0.000000763. The second kappa shape index (κ2) is 11.1. The molecule has 0 amide bonds. The lowest BCUT2D eigenvalue weighted by Crippen LogP contribution is -2.40. The van der Waals surface area contributed by atoms with Gasteiger partial charge in [0.1, 0.15) is 6.04 Å². The quantitative estimate of drug-likeness (QED) is 0.512. The third-order valence-electron chi connectivity index (χ3n) is 2.49. The summed E-state index contributed by atoms with van der Waals surface area (Å²) < 4.78 is 36.7. The molecular formula is C14H23NO6S. The van der Waals surface area contributed by atoms with Gasteiger partial charge in [-0.2, -0.15) is 8.42 Å². The van der Waals surface area contributed by atoms with Crippen LogP contribution in [0, 0.1) is 0 Å². The predicted octanol–water partition coefficient (Wildman–Crippen LogP) is 1.51. The van der Waals surface area contributed by atoms with Crippen molar-refractivity contribution in [3.63, 3.8) is 0 Å². The summed E-state index contributed by atoms with van der Waals surface area (Å²) in [5.41, 5.74) is 1.15. The Morgan fingerprint density at radius 3 is 2.23 bits per heavy atom. The summed E-state index contributed by atoms with van der Waals surface area (Å²) in [7, 11) is -4.67. The first kappa shape index (κ1) is 20.5. The van der Waals surface area contributed by atoms with E-state index in [0.717, 1.165) is 18.5 Å². The lowest BCUT2D eigenvalue weighted by Gasteiger charge is -2.16. The average Bonchev–Trinajstić information content (AvgIpc) is 2.43. The van der Waals surface area contributed by atoms with Crippen LogP contribution in [0.4, 0.5) is 0 Å². The van der Waals surface area contributed by atoms with Crippen LogP contribution in [0.5, 0.6) is 0 Å². The number of hydrogen-bond acceptors (Lipinski definition) is 5. The van der Waals surface area contributed by atoms with E-state index in [2.05, 4.69) is 12.2 Å². The van der Waals surface area contributed by atoms with Gasteiger partial charge in [0.2, 0.25) is 0 Å². The standard InChI is InChI=1S/C14H21NO2.H2O4S/c1-3-10-15-13(14(16)17-4-2)11-12-8-6-5-7-9-12;1-5(2,3)4/h5-9,13,15H,3-4,10-11H2,1-2H3;(H2,1,2,3,4). The van der Waals surface area contributed by atoms with E-state index < -0.39 is 10.4 Å². The fourth-order valence-electron chi connectivity index (χ4n) is 1.65. The van der Waals surface area contributed by atoms with E-state index >= 15 is 0 Å². The van der Waals surface area contributed by atoms with E-state index in [9.17, 15) is 4.79 Å². The molecule has 0 radical (unpaired) electrons. The second-order valence-corrected chi connectivity index (χ2v) is 5.29. The first-order valence-corrected chi connectivity index (χ1v) is 8.31. The molecule has 22 heavy (non-hydrogen) atoms. The van der Waals surface area contributed by atoms with Crippen LogP contribution in [0.1, 0.15) is 25.8 Å². The summed E-state index contributed by atoms with van der Waals surface area (Å²) in [6.07, 6.45) is 1.68. The number of ether oxygens (including phenoxy) is 1. The van der Waals surface area contributed by atoms with E-state index in [-0.39, 0.29) is 12.0 Å². The minimum absolute atomic E-state index is 0.162. The highest BCUT2D eigenvalue weighted by molar-refractivity contribution is 7.79. The maximum absolute atomic E-state index is 11.8. The summed E-state index contributed by atoms with van der Waals surface area (Å²) in [4.78, 5) is 11.8. The molecule has 0 bridgehead atoms. The van der Waals surface area contributed by atoms with Gasteiger partial charge in [0, 0.05) is 0 Å². The number of hydrogen-bond donors (Lipinski definition) is 3. The highest BCUT2D eigenvalue weighted by atomic mass is 32.3. The summed E-state index contributed by atoms with van der Waals surface area (Å²) >= 11 is 0. The van der Waals surface area contributed by atoms with Gasteiger partial charge in [0.15, 0.2) is 0 Å². The zero-order valence-corrected chi connectivity index (χ0v) is 13.5. The van der Waals surface area contributed by atoms with Crippen LogP contribution in [-0.4, -0.2) is 42.7 Å². The largest absolute Gasteiger partial charge is 0.465 e. The third kappa shape index (κ3) is 12.3. The van der Waals surface area contributed by atoms with Crippen molar-refractivity contribution in [2.24, 2.45) is 0 Å². The maximum atomic E-state index is 11.8. The first-order valence-electron chi connectivity index (χ1n) is 6.91. The van der Waals surface area contributed by atoms with Crippen molar-refractivity contribution >= 4 is 16.4 Å². The molecule has 0 fully saturated rings. The molecule has 0 aliphatic rings. The number of benzene rings is 1. The van der Waals surface area contributed by atoms with Crippen LogP contribution < -0.4 is 5.32 Å². The van der Waals surface area contributed by atoms with Crippen LogP contribution in [0.25, 0.3) is 0 Å². The summed E-state index contributed by atoms with van der Waals surface area (Å²) in [6, 6.07) is 9.76. The zero-order valence-electron chi connectivity index (χ0n) is 12.7. The average molecular weight is 333 g/mol. The molecule has 8 heteroatoms. The molecule has 1 rings (SSSR count). The van der Waals surface area contributed by atoms with Crippen molar-refractivity contribution in [1.82, 2.24) is 5.32 Å². The smallest absolute Gasteiger partial charge is 0.394 e. The molecule has 0 spiro atoms. The third-order valence-corrected chi connectivity index (χ3v) is 2.49. The van der Waals surface area contributed by atoms with Gasteiger partial charge in [-0.15, -0.1) is 0 Å². The van der Waals surface area contributed by atoms with Gasteiger partial charge in [-0.1, -0.05) is 37.3 Å². The molecule has 1 unspecified atom stereocenters. The van der Waals surface area contributed by atoms with Crippen molar-refractivity contribution in [2.45, 2.75) is 32.7 Å². The highest BCUT2D eigenvalue weighted by Crippen LogP contribution is 2.04. The maximum Gasteiger partial charge on any atom is 0.394 e. The fourth-order valence-corrected chi connectivity index (χ4v) is 1.65. The number of carbonyl (C=O) groups is 1. The summed E-state index contributed by atoms with van der Waals surface area (Å²) in [6.45, 7) is 5.17. The number of esters is 1. The fraction of sp³-hybridized carbons (Fsp3) is 0.500. The molecule has 0 aliphatic carbocycles. The highest BCUT2D eigenvalue weighted by Gasteiger charge is 2.18. The van der Waals surface area contributed by atoms with Gasteiger partial charge in [0.25, 0.3) is 0 Å². The molecule has 0 saturated carbocycles. The van der Waals surface area contributed by atoms with Crippen molar-refractivity contribution in [3.8, 4) is 0 Å². The molecule has 0 aromatic heterocycles. The minimum atomic E-state index is -4.67. The molecule has 1 aromatic carbocycles. The number of nitrogens with one attached hydrogen (secondary N) is 1. The van der Waals surface area contributed by atoms with Gasteiger partial charge in [-0.25, -0.2) is 0 Å². The Morgan fingerprint density at radius 2 is 1.77 bits per heavy atom. The molecule has 7 nitrogen and oxygen atoms in total. The molecule has 0 saturated heterocycles. The van der Waals surface area contributed by atoms with E-state index in [4.69, 9.17) is 22.3 Å². The number of rotatable bonds is 7. The summed E-state index contributed by atoms with van der Waals surface area (Å²) in [5, 5.41) is 3.23. The Labute approximate surface area is 131 Å². The van der Waals surface area contributed by atoms with Crippen LogP contribution >= 0.6 is 0 Å². The van der Waals surface area contributed by atoms with Gasteiger partial charge in [-0.3, -0.25) is 13.9 Å². The molecule has 1 aromatic rings. The monoisotopic (exact) mass is 333 g/mol. The Hall–Kier alpha value is -1.48. The van der Waals surface area contributed by atoms with Crippen molar-refractivity contribution < 1.29 is 27.1 Å². The van der Waals surface area contributed by atoms with E-state index in [1.165, 1.54) is 0 Å². The Bertz CT molecular complexity index is 509. The molecule has 0 heterocycles. The van der Waals surface area contributed by atoms with Gasteiger partial charge in [0.05, 0.1) is 6.61 Å². The lowest BCUT2D eigenvalue weighted by molar-refractivity contribution is -0.145. The zero-order chi connectivity index (χ0) is 17.0. The lowest BCUT2D eigenvalue weighted by atomic mass is 10.1. The van der Waals surface area contributed by atoms with Crippen LogP contribution in [0.15, 0.2) is 30.3 Å². The normalized spacial score (nSPS) is 12.0. The molecule has 0 aliphatic heterocycles. The van der Waals surface area contributed by atoms with Crippen LogP contribution in [0.3, 0.4) is 0 Å². The van der Waals surface area contributed by atoms with E-state index in [1.807, 2.05) is 37.3 Å². The van der Waals surface area contributed by atoms with Crippen molar-refractivity contribution in [3.05, 3.63) is 35.9 Å². The SMILES string of the molecule is CCCNC(Cc1ccccc1)C(=O)OCC.O=S(=O)(O)O.